The van der Waals surface area contributed by atoms with Crippen molar-refractivity contribution < 1.29 is 21.9 Å². The highest BCUT2D eigenvalue weighted by molar-refractivity contribution is 7.89. The Morgan fingerprint density at radius 1 is 1.15 bits per heavy atom. The molecular weight excluding hydrogens is 362 g/mol. The summed E-state index contributed by atoms with van der Waals surface area (Å²) in [5.41, 5.74) is 1.99. The molecule has 3 rings (SSSR count). The lowest BCUT2D eigenvalue weighted by molar-refractivity contribution is -0.0498. The molecule has 1 heterocycles. The van der Waals surface area contributed by atoms with Crippen LogP contribution in [0.1, 0.15) is 11.1 Å². The molecule has 8 heteroatoms. The summed E-state index contributed by atoms with van der Waals surface area (Å²) in [6.07, 6.45) is 1.60. The largest absolute Gasteiger partial charge is 0.435 e. The molecule has 0 unspecified atom stereocenters. The minimum Gasteiger partial charge on any atom is -0.435 e. The lowest BCUT2D eigenvalue weighted by Crippen LogP contribution is -2.23. The highest BCUT2D eigenvalue weighted by Gasteiger charge is 2.18. The standard InChI is InChI=1S/C18H16F2N2O3S/c1-12-7-8-16(15-6-3-9-21-17(12)15)26(23,24)22-11-13-4-2-5-14(10-13)25-18(19)20/h2-10,18,22H,11H2,1H3. The number of nitrogens with zero attached hydrogens (tertiary/aromatic N) is 1. The average molecular weight is 378 g/mol. The third kappa shape index (κ3) is 3.97. The van der Waals surface area contributed by atoms with Crippen LogP contribution in [-0.4, -0.2) is 20.0 Å². The summed E-state index contributed by atoms with van der Waals surface area (Å²) in [7, 11) is -3.82. The number of rotatable bonds is 6. The maximum absolute atomic E-state index is 12.7. The van der Waals surface area contributed by atoms with Gasteiger partial charge in [0, 0.05) is 18.1 Å². The molecule has 0 fully saturated rings. The molecule has 1 N–H and O–H groups in total. The SMILES string of the molecule is Cc1ccc(S(=O)(=O)NCc2cccc(OC(F)F)c2)c2cccnc12. The van der Waals surface area contributed by atoms with Gasteiger partial charge in [-0.05, 0) is 48.4 Å². The number of aryl methyl sites for hydroxylation is 1. The van der Waals surface area contributed by atoms with Crippen LogP contribution in [0.2, 0.25) is 0 Å². The first kappa shape index (κ1) is 18.2. The van der Waals surface area contributed by atoms with E-state index in [4.69, 9.17) is 0 Å². The second-order valence-corrected chi connectivity index (χ2v) is 7.37. The lowest BCUT2D eigenvalue weighted by Gasteiger charge is -2.11. The second kappa shape index (κ2) is 7.35. The van der Waals surface area contributed by atoms with Crippen LogP contribution in [0.3, 0.4) is 0 Å². The Balaban J connectivity index is 1.86. The second-order valence-electron chi connectivity index (χ2n) is 5.63. The molecule has 0 aliphatic heterocycles. The molecule has 0 radical (unpaired) electrons. The molecule has 0 aliphatic carbocycles. The first-order chi connectivity index (χ1) is 12.4. The molecule has 26 heavy (non-hydrogen) atoms. The number of alkyl halides is 2. The summed E-state index contributed by atoms with van der Waals surface area (Å²) in [5.74, 6) is -0.0262. The molecule has 0 saturated heterocycles. The zero-order chi connectivity index (χ0) is 18.7. The number of pyridine rings is 1. The maximum Gasteiger partial charge on any atom is 0.387 e. The highest BCUT2D eigenvalue weighted by Crippen LogP contribution is 2.24. The predicted octanol–water partition coefficient (Wildman–Crippen LogP) is 3.62. The minimum atomic E-state index is -3.82. The number of halogens is 2. The Morgan fingerprint density at radius 2 is 1.96 bits per heavy atom. The fraction of sp³-hybridized carbons (Fsp3) is 0.167. The fourth-order valence-corrected chi connectivity index (χ4v) is 3.82. The van der Waals surface area contributed by atoms with E-state index in [1.54, 1.807) is 30.5 Å². The van der Waals surface area contributed by atoms with E-state index in [0.29, 0.717) is 16.5 Å². The van der Waals surface area contributed by atoms with Gasteiger partial charge in [0.15, 0.2) is 0 Å². The van der Waals surface area contributed by atoms with Crippen LogP contribution in [0.15, 0.2) is 59.6 Å². The van der Waals surface area contributed by atoms with E-state index in [2.05, 4.69) is 14.4 Å². The monoisotopic (exact) mass is 378 g/mol. The molecule has 0 spiro atoms. The summed E-state index contributed by atoms with van der Waals surface area (Å²) >= 11 is 0. The summed E-state index contributed by atoms with van der Waals surface area (Å²) < 4.78 is 56.8. The van der Waals surface area contributed by atoms with Crippen LogP contribution in [0, 0.1) is 6.92 Å². The summed E-state index contributed by atoms with van der Waals surface area (Å²) in [4.78, 5) is 4.35. The number of nitrogens with one attached hydrogen (secondary N) is 1. The van der Waals surface area contributed by atoms with Crippen molar-refractivity contribution in [2.45, 2.75) is 25.0 Å². The Bertz CT molecular complexity index is 1040. The molecule has 0 aliphatic rings. The Labute approximate surface area is 149 Å². The molecule has 3 aromatic rings. The molecule has 0 bridgehead atoms. The Morgan fingerprint density at radius 3 is 2.73 bits per heavy atom. The zero-order valence-electron chi connectivity index (χ0n) is 13.8. The number of ether oxygens (including phenoxy) is 1. The van der Waals surface area contributed by atoms with Crippen molar-refractivity contribution in [3.8, 4) is 5.75 Å². The van der Waals surface area contributed by atoms with Gasteiger partial charge >= 0.3 is 6.61 Å². The lowest BCUT2D eigenvalue weighted by atomic mass is 10.1. The van der Waals surface area contributed by atoms with Crippen molar-refractivity contribution in [2.75, 3.05) is 0 Å². The Kier molecular flexibility index (Phi) is 5.15. The van der Waals surface area contributed by atoms with E-state index in [0.717, 1.165) is 5.56 Å². The van der Waals surface area contributed by atoms with Crippen molar-refractivity contribution in [1.82, 2.24) is 9.71 Å². The van der Waals surface area contributed by atoms with Crippen LogP contribution in [0.25, 0.3) is 10.9 Å². The van der Waals surface area contributed by atoms with Gasteiger partial charge in [-0.2, -0.15) is 8.78 Å². The number of sulfonamides is 1. The first-order valence-corrected chi connectivity index (χ1v) is 9.23. The van der Waals surface area contributed by atoms with Gasteiger partial charge in [0.05, 0.1) is 10.4 Å². The van der Waals surface area contributed by atoms with E-state index in [9.17, 15) is 17.2 Å². The quantitative estimate of drug-likeness (QED) is 0.711. The van der Waals surface area contributed by atoms with Crippen molar-refractivity contribution >= 4 is 20.9 Å². The zero-order valence-corrected chi connectivity index (χ0v) is 14.6. The Hall–Kier alpha value is -2.58. The van der Waals surface area contributed by atoms with Crippen molar-refractivity contribution in [3.05, 3.63) is 65.9 Å². The number of aromatic nitrogens is 1. The number of fused-ring (bicyclic) bond motifs is 1. The van der Waals surface area contributed by atoms with Gasteiger partial charge < -0.3 is 4.74 Å². The fourth-order valence-electron chi connectivity index (χ4n) is 2.61. The van der Waals surface area contributed by atoms with Gasteiger partial charge in [-0.1, -0.05) is 18.2 Å². The van der Waals surface area contributed by atoms with Gasteiger partial charge in [0.2, 0.25) is 10.0 Å². The van der Waals surface area contributed by atoms with Crippen molar-refractivity contribution in [2.24, 2.45) is 0 Å². The number of hydrogen-bond acceptors (Lipinski definition) is 4. The maximum atomic E-state index is 12.7. The topological polar surface area (TPSA) is 68.3 Å². The first-order valence-electron chi connectivity index (χ1n) is 7.74. The molecule has 2 aromatic carbocycles. The smallest absolute Gasteiger partial charge is 0.387 e. The van der Waals surface area contributed by atoms with Gasteiger partial charge in [-0.25, -0.2) is 13.1 Å². The van der Waals surface area contributed by atoms with Crippen LogP contribution < -0.4 is 9.46 Å². The van der Waals surface area contributed by atoms with Gasteiger partial charge in [0.1, 0.15) is 5.75 Å². The normalized spacial score (nSPS) is 11.8. The van der Waals surface area contributed by atoms with Gasteiger partial charge in [0.25, 0.3) is 0 Å². The average Bonchev–Trinajstić information content (AvgIpc) is 2.60. The van der Waals surface area contributed by atoms with Crippen molar-refractivity contribution in [1.29, 1.82) is 0 Å². The van der Waals surface area contributed by atoms with Crippen molar-refractivity contribution in [3.63, 3.8) is 0 Å². The number of hydrogen-bond donors (Lipinski definition) is 1. The predicted molar refractivity (Wildman–Crippen MR) is 93.6 cm³/mol. The number of benzene rings is 2. The van der Waals surface area contributed by atoms with Crippen LogP contribution >= 0.6 is 0 Å². The molecule has 136 valence electrons. The minimum absolute atomic E-state index is 0.0262. The van der Waals surface area contributed by atoms with E-state index in [1.165, 1.54) is 24.3 Å². The highest BCUT2D eigenvalue weighted by atomic mass is 32.2. The molecular formula is C18H16F2N2O3S. The van der Waals surface area contributed by atoms with E-state index in [1.807, 2.05) is 6.92 Å². The molecule has 5 nitrogen and oxygen atoms in total. The third-order valence-electron chi connectivity index (χ3n) is 3.81. The van der Waals surface area contributed by atoms with Gasteiger partial charge in [-0.15, -0.1) is 0 Å². The van der Waals surface area contributed by atoms with Crippen LogP contribution in [0.4, 0.5) is 8.78 Å². The molecule has 0 amide bonds. The van der Waals surface area contributed by atoms with E-state index < -0.39 is 16.6 Å². The third-order valence-corrected chi connectivity index (χ3v) is 5.27. The van der Waals surface area contributed by atoms with Gasteiger partial charge in [-0.3, -0.25) is 4.98 Å². The summed E-state index contributed by atoms with van der Waals surface area (Å²) in [6, 6.07) is 12.5. The van der Waals surface area contributed by atoms with E-state index >= 15 is 0 Å². The molecule has 0 atom stereocenters. The van der Waals surface area contributed by atoms with E-state index in [-0.39, 0.29) is 17.2 Å². The summed E-state index contributed by atoms with van der Waals surface area (Å²) in [6.45, 7) is -1.14. The van der Waals surface area contributed by atoms with Crippen LogP contribution in [-0.2, 0) is 16.6 Å². The summed E-state index contributed by atoms with van der Waals surface area (Å²) in [5, 5.41) is 0.523. The molecule has 0 saturated carbocycles. The van der Waals surface area contributed by atoms with Crippen LogP contribution in [0.5, 0.6) is 5.75 Å². The molecule has 1 aromatic heterocycles.